The van der Waals surface area contributed by atoms with Crippen LogP contribution in [0.2, 0.25) is 0 Å². The van der Waals surface area contributed by atoms with Crippen molar-refractivity contribution in [1.82, 2.24) is 5.32 Å². The second-order valence-corrected chi connectivity index (χ2v) is 6.87. The molecule has 1 heterocycles. The van der Waals surface area contributed by atoms with Crippen molar-refractivity contribution in [2.45, 2.75) is 52.8 Å². The monoisotopic (exact) mass is 268 g/mol. The Morgan fingerprint density at radius 3 is 2.16 bits per heavy atom. The fourth-order valence-electron chi connectivity index (χ4n) is 3.95. The summed E-state index contributed by atoms with van der Waals surface area (Å²) in [4.78, 5) is 12.4. The zero-order valence-corrected chi connectivity index (χ0v) is 12.6. The van der Waals surface area contributed by atoms with Crippen LogP contribution in [-0.2, 0) is 9.53 Å². The number of nitrogens with two attached hydrogens (primary N) is 1. The van der Waals surface area contributed by atoms with Crippen molar-refractivity contribution in [1.29, 1.82) is 0 Å². The summed E-state index contributed by atoms with van der Waals surface area (Å²) in [7, 11) is 0. The number of esters is 1. The minimum atomic E-state index is -0.254. The van der Waals surface area contributed by atoms with E-state index in [0.29, 0.717) is 11.8 Å². The van der Waals surface area contributed by atoms with E-state index in [2.05, 4.69) is 33.0 Å². The predicted molar refractivity (Wildman–Crippen MR) is 75.2 cm³/mol. The fourth-order valence-corrected chi connectivity index (χ4v) is 3.95. The second-order valence-electron chi connectivity index (χ2n) is 6.87. The van der Waals surface area contributed by atoms with E-state index in [0.717, 1.165) is 25.3 Å². The van der Waals surface area contributed by atoms with Gasteiger partial charge in [-0.1, -0.05) is 27.7 Å². The van der Waals surface area contributed by atoms with Crippen LogP contribution >= 0.6 is 0 Å². The largest absolute Gasteiger partial charge is 0.462 e. The van der Waals surface area contributed by atoms with Crippen molar-refractivity contribution in [2.75, 3.05) is 6.54 Å². The molecule has 3 N–H and O–H groups in total. The number of rotatable bonds is 2. The highest BCUT2D eigenvalue weighted by molar-refractivity contribution is 5.74. The van der Waals surface area contributed by atoms with Gasteiger partial charge in [0.2, 0.25) is 0 Å². The molecule has 19 heavy (non-hydrogen) atoms. The van der Waals surface area contributed by atoms with Crippen molar-refractivity contribution in [3.8, 4) is 0 Å². The van der Waals surface area contributed by atoms with E-state index in [1.54, 1.807) is 0 Å². The van der Waals surface area contributed by atoms with Gasteiger partial charge < -0.3 is 15.8 Å². The SMILES string of the molecule is CC1CC(C)C(OC(=O)C2C(C)CNC2N)C(C)C1. The number of hydrogen-bond donors (Lipinski definition) is 2. The van der Waals surface area contributed by atoms with Crippen LogP contribution in [0.5, 0.6) is 0 Å². The highest BCUT2D eigenvalue weighted by atomic mass is 16.5. The maximum atomic E-state index is 12.4. The van der Waals surface area contributed by atoms with Crippen LogP contribution in [0.4, 0.5) is 0 Å². The van der Waals surface area contributed by atoms with Gasteiger partial charge >= 0.3 is 5.97 Å². The summed E-state index contributed by atoms with van der Waals surface area (Å²) in [6.45, 7) is 9.53. The minimum Gasteiger partial charge on any atom is -0.462 e. The number of ether oxygens (including phenoxy) is 1. The molecule has 0 amide bonds. The molecule has 1 aliphatic carbocycles. The molecule has 0 aromatic rings. The predicted octanol–water partition coefficient (Wildman–Crippen LogP) is 1.74. The van der Waals surface area contributed by atoms with Crippen LogP contribution in [0.25, 0.3) is 0 Å². The lowest BCUT2D eigenvalue weighted by Gasteiger charge is -2.38. The second kappa shape index (κ2) is 5.80. The zero-order chi connectivity index (χ0) is 14.2. The standard InChI is InChI=1S/C15H28N2O2/c1-8-5-9(2)13(10(3)6-8)19-15(18)12-11(4)7-17-14(12)16/h8-14,17H,5-7,16H2,1-4H3. The van der Waals surface area contributed by atoms with Gasteiger partial charge in [0.15, 0.2) is 0 Å². The Morgan fingerprint density at radius 1 is 1.11 bits per heavy atom. The molecule has 5 atom stereocenters. The molecule has 2 fully saturated rings. The Kier molecular flexibility index (Phi) is 4.51. The third-order valence-electron chi connectivity index (χ3n) is 4.87. The Bertz CT molecular complexity index is 312. The molecule has 2 rings (SSSR count). The molecule has 4 nitrogen and oxygen atoms in total. The summed E-state index contributed by atoms with van der Waals surface area (Å²) in [5.41, 5.74) is 5.95. The van der Waals surface area contributed by atoms with Gasteiger partial charge in [0.05, 0.1) is 12.1 Å². The number of carbonyl (C=O) groups is 1. The quantitative estimate of drug-likeness (QED) is 0.749. The van der Waals surface area contributed by atoms with Crippen LogP contribution in [-0.4, -0.2) is 24.8 Å². The highest BCUT2D eigenvalue weighted by Crippen LogP contribution is 2.36. The Balaban J connectivity index is 1.98. The summed E-state index contributed by atoms with van der Waals surface area (Å²) >= 11 is 0. The maximum absolute atomic E-state index is 12.4. The first-order chi connectivity index (χ1) is 8.90. The number of carbonyl (C=O) groups excluding carboxylic acids is 1. The first-order valence-electron chi connectivity index (χ1n) is 7.59. The molecule has 110 valence electrons. The van der Waals surface area contributed by atoms with Crippen LogP contribution in [0.1, 0.15) is 40.5 Å². The molecular formula is C15H28N2O2. The van der Waals surface area contributed by atoms with Crippen LogP contribution in [0, 0.1) is 29.6 Å². The average Bonchev–Trinajstić information content (AvgIpc) is 2.63. The van der Waals surface area contributed by atoms with Gasteiger partial charge in [-0.15, -0.1) is 0 Å². The fraction of sp³-hybridized carbons (Fsp3) is 0.933. The molecule has 1 saturated carbocycles. The lowest BCUT2D eigenvalue weighted by atomic mass is 9.75. The van der Waals surface area contributed by atoms with Gasteiger partial charge in [0.25, 0.3) is 0 Å². The van der Waals surface area contributed by atoms with E-state index in [-0.39, 0.29) is 30.1 Å². The topological polar surface area (TPSA) is 64.3 Å². The minimum absolute atomic E-state index is 0.0590. The van der Waals surface area contributed by atoms with Gasteiger partial charge in [-0.3, -0.25) is 4.79 Å². The Morgan fingerprint density at radius 2 is 1.68 bits per heavy atom. The van der Waals surface area contributed by atoms with Gasteiger partial charge in [-0.05, 0) is 36.5 Å². The summed E-state index contributed by atoms with van der Waals surface area (Å²) < 4.78 is 5.83. The molecule has 1 saturated heterocycles. The van der Waals surface area contributed by atoms with Crippen molar-refractivity contribution >= 4 is 5.97 Å². The highest BCUT2D eigenvalue weighted by Gasteiger charge is 2.41. The third-order valence-corrected chi connectivity index (χ3v) is 4.87. The van der Waals surface area contributed by atoms with E-state index in [4.69, 9.17) is 10.5 Å². The first-order valence-corrected chi connectivity index (χ1v) is 7.59. The van der Waals surface area contributed by atoms with Crippen molar-refractivity contribution in [3.05, 3.63) is 0 Å². The molecule has 0 spiro atoms. The number of hydrogen-bond acceptors (Lipinski definition) is 4. The van der Waals surface area contributed by atoms with Crippen molar-refractivity contribution in [3.63, 3.8) is 0 Å². The van der Waals surface area contributed by atoms with Gasteiger partial charge in [-0.2, -0.15) is 0 Å². The normalized spacial score (nSPS) is 47.1. The van der Waals surface area contributed by atoms with Crippen LogP contribution in [0.3, 0.4) is 0 Å². The van der Waals surface area contributed by atoms with Crippen LogP contribution in [0.15, 0.2) is 0 Å². The smallest absolute Gasteiger partial charge is 0.312 e. The average molecular weight is 268 g/mol. The van der Waals surface area contributed by atoms with E-state index < -0.39 is 0 Å². The molecule has 0 aromatic carbocycles. The first kappa shape index (κ1) is 14.8. The molecule has 4 heteroatoms. The summed E-state index contributed by atoms with van der Waals surface area (Å²) in [6, 6.07) is 0. The number of nitrogens with one attached hydrogen (secondary N) is 1. The zero-order valence-electron chi connectivity index (χ0n) is 12.6. The van der Waals surface area contributed by atoms with Crippen LogP contribution < -0.4 is 11.1 Å². The van der Waals surface area contributed by atoms with Crippen molar-refractivity contribution < 1.29 is 9.53 Å². The summed E-state index contributed by atoms with van der Waals surface area (Å²) in [5, 5.41) is 3.14. The van der Waals surface area contributed by atoms with E-state index in [1.165, 1.54) is 0 Å². The summed E-state index contributed by atoms with van der Waals surface area (Å²) in [6.07, 6.45) is 2.10. The molecule has 5 unspecified atom stereocenters. The van der Waals surface area contributed by atoms with E-state index in [1.807, 2.05) is 0 Å². The summed E-state index contributed by atoms with van der Waals surface area (Å²) in [5.74, 6) is 1.58. The molecule has 2 aliphatic rings. The van der Waals surface area contributed by atoms with Gasteiger partial charge in [0.1, 0.15) is 6.10 Å². The molecular weight excluding hydrogens is 240 g/mol. The molecule has 0 bridgehead atoms. The Labute approximate surface area is 116 Å². The maximum Gasteiger partial charge on any atom is 0.312 e. The lowest BCUT2D eigenvalue weighted by Crippen LogP contribution is -2.44. The Hall–Kier alpha value is -0.610. The third kappa shape index (κ3) is 3.11. The molecule has 1 aliphatic heterocycles. The van der Waals surface area contributed by atoms with E-state index >= 15 is 0 Å². The molecule has 0 radical (unpaired) electrons. The van der Waals surface area contributed by atoms with Gasteiger partial charge in [-0.25, -0.2) is 0 Å². The van der Waals surface area contributed by atoms with Gasteiger partial charge in [0, 0.05) is 6.54 Å². The lowest BCUT2D eigenvalue weighted by molar-refractivity contribution is -0.164. The molecule has 0 aromatic heterocycles. The van der Waals surface area contributed by atoms with E-state index in [9.17, 15) is 4.79 Å². The van der Waals surface area contributed by atoms with Crippen molar-refractivity contribution in [2.24, 2.45) is 35.3 Å².